The molecule has 0 radical (unpaired) electrons. The molecule has 2 rings (SSSR count). The predicted molar refractivity (Wildman–Crippen MR) is 88.0 cm³/mol. The van der Waals surface area contributed by atoms with Crippen LogP contribution in [0.3, 0.4) is 0 Å². The van der Waals surface area contributed by atoms with Crippen LogP contribution in [-0.2, 0) is 9.53 Å². The van der Waals surface area contributed by atoms with Gasteiger partial charge < -0.3 is 20.3 Å². The lowest BCUT2D eigenvalue weighted by molar-refractivity contribution is -0.123. The fraction of sp³-hybridized carbons (Fsp3) is 0.938. The number of carbonyl (C=O) groups excluding carboxylic acids is 1. The van der Waals surface area contributed by atoms with Gasteiger partial charge >= 0.3 is 0 Å². The lowest BCUT2D eigenvalue weighted by Gasteiger charge is -2.37. The van der Waals surface area contributed by atoms with Gasteiger partial charge in [-0.25, -0.2) is 0 Å². The third kappa shape index (κ3) is 5.19. The summed E-state index contributed by atoms with van der Waals surface area (Å²) >= 11 is 0. The Morgan fingerprint density at radius 2 is 1.82 bits per heavy atom. The molecule has 0 atom stereocenters. The first kappa shape index (κ1) is 17.7. The fourth-order valence-corrected chi connectivity index (χ4v) is 3.44. The molecule has 1 amide bonds. The minimum absolute atomic E-state index is 0.108. The molecule has 2 fully saturated rings. The van der Waals surface area contributed by atoms with Crippen molar-refractivity contribution in [2.24, 2.45) is 5.41 Å². The third-order valence-corrected chi connectivity index (χ3v) is 5.05. The highest BCUT2D eigenvalue weighted by atomic mass is 16.5. The smallest absolute Gasteiger partial charge is 0.234 e. The summed E-state index contributed by atoms with van der Waals surface area (Å²) in [5.41, 5.74) is 0.108. The third-order valence-electron chi connectivity index (χ3n) is 5.05. The quantitative estimate of drug-likeness (QED) is 0.679. The number of rotatable bonds is 7. The maximum absolute atomic E-state index is 12.2. The number of nitrogens with zero attached hydrogens (tertiary/aromatic N) is 2. The number of piperazine rings is 1. The van der Waals surface area contributed by atoms with E-state index >= 15 is 0 Å². The average Bonchev–Trinajstić information content (AvgIpc) is 2.55. The molecule has 0 aromatic rings. The van der Waals surface area contributed by atoms with Gasteiger partial charge in [-0.1, -0.05) is 6.92 Å². The summed E-state index contributed by atoms with van der Waals surface area (Å²) < 4.78 is 5.40. The van der Waals surface area contributed by atoms with E-state index in [2.05, 4.69) is 27.4 Å². The predicted octanol–water partition coefficient (Wildman–Crippen LogP) is -0.244. The summed E-state index contributed by atoms with van der Waals surface area (Å²) in [6.07, 6.45) is 2.13. The summed E-state index contributed by atoms with van der Waals surface area (Å²) in [4.78, 5) is 16.9. The zero-order valence-corrected chi connectivity index (χ0v) is 14.2. The van der Waals surface area contributed by atoms with Crippen molar-refractivity contribution in [2.45, 2.75) is 19.8 Å². The Bertz CT molecular complexity index is 332. The molecule has 0 aromatic carbocycles. The van der Waals surface area contributed by atoms with Crippen molar-refractivity contribution < 1.29 is 9.53 Å². The van der Waals surface area contributed by atoms with Crippen LogP contribution >= 0.6 is 0 Å². The Kier molecular flexibility index (Phi) is 7.08. The Morgan fingerprint density at radius 1 is 1.18 bits per heavy atom. The number of carbonyl (C=O) groups is 1. The average molecular weight is 312 g/mol. The summed E-state index contributed by atoms with van der Waals surface area (Å²) in [6.45, 7) is 11.4. The highest BCUT2D eigenvalue weighted by molar-refractivity contribution is 5.78. The first-order valence-electron chi connectivity index (χ1n) is 8.58. The van der Waals surface area contributed by atoms with Crippen LogP contribution in [0.25, 0.3) is 0 Å². The van der Waals surface area contributed by atoms with Crippen molar-refractivity contribution in [3.8, 4) is 0 Å². The molecule has 0 bridgehead atoms. The zero-order valence-electron chi connectivity index (χ0n) is 14.2. The van der Waals surface area contributed by atoms with Crippen LogP contribution in [0.4, 0.5) is 0 Å². The highest BCUT2D eigenvalue weighted by Crippen LogP contribution is 2.28. The van der Waals surface area contributed by atoms with Gasteiger partial charge in [0.15, 0.2) is 0 Å². The fourth-order valence-electron chi connectivity index (χ4n) is 3.44. The van der Waals surface area contributed by atoms with Crippen molar-refractivity contribution in [1.29, 1.82) is 0 Å². The number of nitrogens with one attached hydrogen (secondary N) is 2. The number of hydrogen-bond acceptors (Lipinski definition) is 5. The van der Waals surface area contributed by atoms with E-state index in [0.717, 1.165) is 71.8 Å². The summed E-state index contributed by atoms with van der Waals surface area (Å²) in [6, 6.07) is 0. The van der Waals surface area contributed by atoms with Crippen molar-refractivity contribution in [3.05, 3.63) is 0 Å². The van der Waals surface area contributed by atoms with Crippen molar-refractivity contribution in [1.82, 2.24) is 20.4 Å². The molecule has 0 spiro atoms. The molecule has 2 aliphatic heterocycles. The van der Waals surface area contributed by atoms with Crippen LogP contribution in [0, 0.1) is 5.41 Å². The van der Waals surface area contributed by atoms with Gasteiger partial charge in [0.2, 0.25) is 5.91 Å². The molecule has 128 valence electrons. The van der Waals surface area contributed by atoms with E-state index in [9.17, 15) is 4.79 Å². The molecule has 2 N–H and O–H groups in total. The molecule has 0 saturated carbocycles. The largest absolute Gasteiger partial charge is 0.384 e. The van der Waals surface area contributed by atoms with E-state index in [1.807, 2.05) is 0 Å². The second-order valence-corrected chi connectivity index (χ2v) is 6.67. The molecule has 6 nitrogen and oxygen atoms in total. The number of likely N-dealkylation sites (N-methyl/N-ethyl adjacent to an activating group) is 1. The van der Waals surface area contributed by atoms with E-state index in [4.69, 9.17) is 4.74 Å². The Labute approximate surface area is 134 Å². The molecule has 2 saturated heterocycles. The standard InChI is InChI=1S/C16H32N4O2/c1-3-19-8-10-20(11-9-19)12-15(21)18-13-16(14-22-2)4-6-17-7-5-16/h17H,3-14H2,1-2H3,(H,18,21). The van der Waals surface area contributed by atoms with Crippen molar-refractivity contribution in [3.63, 3.8) is 0 Å². The SMILES string of the molecule is CCN1CCN(CC(=O)NCC2(COC)CCNCC2)CC1. The molecule has 2 heterocycles. The monoisotopic (exact) mass is 312 g/mol. The minimum Gasteiger partial charge on any atom is -0.384 e. The van der Waals surface area contributed by atoms with Crippen LogP contribution in [-0.4, -0.2) is 88.3 Å². The normalized spacial score (nSPS) is 23.4. The molecule has 0 unspecified atom stereocenters. The van der Waals surface area contributed by atoms with Crippen LogP contribution < -0.4 is 10.6 Å². The molecule has 22 heavy (non-hydrogen) atoms. The van der Waals surface area contributed by atoms with E-state index in [1.165, 1.54) is 0 Å². The first-order valence-corrected chi connectivity index (χ1v) is 8.58. The molecule has 6 heteroatoms. The van der Waals surface area contributed by atoms with Crippen LogP contribution in [0.5, 0.6) is 0 Å². The molecular formula is C16H32N4O2. The second-order valence-electron chi connectivity index (χ2n) is 6.67. The Balaban J connectivity index is 1.72. The number of piperidine rings is 1. The summed E-state index contributed by atoms with van der Waals surface area (Å²) in [7, 11) is 1.75. The van der Waals surface area contributed by atoms with Crippen LogP contribution in [0.1, 0.15) is 19.8 Å². The number of amides is 1. The van der Waals surface area contributed by atoms with Crippen LogP contribution in [0.15, 0.2) is 0 Å². The van der Waals surface area contributed by atoms with Crippen molar-refractivity contribution >= 4 is 5.91 Å². The zero-order chi connectivity index (χ0) is 15.8. The van der Waals surface area contributed by atoms with Gasteiger partial charge in [0.25, 0.3) is 0 Å². The van der Waals surface area contributed by atoms with E-state index < -0.39 is 0 Å². The van der Waals surface area contributed by atoms with Crippen molar-refractivity contribution in [2.75, 3.05) is 72.6 Å². The van der Waals surface area contributed by atoms with Gasteiger partial charge in [-0.2, -0.15) is 0 Å². The van der Waals surface area contributed by atoms with Gasteiger partial charge in [-0.3, -0.25) is 9.69 Å². The summed E-state index contributed by atoms with van der Waals surface area (Å²) in [5.74, 6) is 0.152. The Morgan fingerprint density at radius 3 is 2.41 bits per heavy atom. The van der Waals surface area contributed by atoms with Crippen LogP contribution in [0.2, 0.25) is 0 Å². The van der Waals surface area contributed by atoms with Gasteiger partial charge in [0.1, 0.15) is 0 Å². The van der Waals surface area contributed by atoms with E-state index in [1.54, 1.807) is 7.11 Å². The lowest BCUT2D eigenvalue weighted by atomic mass is 9.79. The minimum atomic E-state index is 0.108. The first-order chi connectivity index (χ1) is 10.7. The number of ether oxygens (including phenoxy) is 1. The molecule has 0 aromatic heterocycles. The highest BCUT2D eigenvalue weighted by Gasteiger charge is 2.32. The van der Waals surface area contributed by atoms with E-state index in [0.29, 0.717) is 6.54 Å². The summed E-state index contributed by atoms with van der Waals surface area (Å²) in [5, 5.41) is 6.53. The molecule has 0 aliphatic carbocycles. The second kappa shape index (κ2) is 8.82. The molecular weight excluding hydrogens is 280 g/mol. The molecule has 2 aliphatic rings. The maximum Gasteiger partial charge on any atom is 0.234 e. The topological polar surface area (TPSA) is 56.8 Å². The number of hydrogen-bond donors (Lipinski definition) is 2. The van der Waals surface area contributed by atoms with Gasteiger partial charge in [0.05, 0.1) is 13.2 Å². The van der Waals surface area contributed by atoms with Gasteiger partial charge in [0, 0.05) is 45.2 Å². The number of methoxy groups -OCH3 is 1. The van der Waals surface area contributed by atoms with Gasteiger partial charge in [-0.05, 0) is 32.5 Å². The van der Waals surface area contributed by atoms with E-state index in [-0.39, 0.29) is 11.3 Å². The lowest BCUT2D eigenvalue weighted by Crippen LogP contribution is -2.51. The maximum atomic E-state index is 12.2. The Hall–Kier alpha value is -0.690. The van der Waals surface area contributed by atoms with Gasteiger partial charge in [-0.15, -0.1) is 0 Å².